The molecule has 1 saturated heterocycles. The van der Waals surface area contributed by atoms with Gasteiger partial charge in [-0.2, -0.15) is 0 Å². The number of ether oxygens (including phenoxy) is 2. The zero-order valence-corrected chi connectivity index (χ0v) is 22.4. The van der Waals surface area contributed by atoms with Crippen molar-refractivity contribution in [1.29, 1.82) is 0 Å². The van der Waals surface area contributed by atoms with E-state index in [0.717, 1.165) is 18.2 Å². The van der Waals surface area contributed by atoms with Gasteiger partial charge in [-0.1, -0.05) is 11.6 Å². The summed E-state index contributed by atoms with van der Waals surface area (Å²) in [4.78, 5) is 25.1. The Labute approximate surface area is 228 Å². The molecule has 2 aliphatic rings. The van der Waals surface area contributed by atoms with Crippen LogP contribution in [0.4, 0.5) is 18.0 Å². The normalized spacial score (nSPS) is 20.8. The second-order valence-corrected chi connectivity index (χ2v) is 12.3. The van der Waals surface area contributed by atoms with Gasteiger partial charge >= 0.3 is 12.4 Å². The molecule has 4 rings (SSSR count). The van der Waals surface area contributed by atoms with Crippen molar-refractivity contribution in [3.63, 3.8) is 0 Å². The second-order valence-electron chi connectivity index (χ2n) is 9.67. The standard InChI is InChI=1S/C25H27ClF3N3O6S/c1-30-22(34)32-21(33)24(9-8-23(15-24)10-12-31-13-11-23)39(35,36)18-6-7-20(19(26)14-18)37-16-2-4-17(5-3-16)38-25(27,28)29/h2-7,14,31H,8-13,15H2,1H3,(H2,30,32,33,34). The zero-order valence-electron chi connectivity index (χ0n) is 20.9. The number of carbonyl (C=O) groups is 2. The number of sulfone groups is 1. The van der Waals surface area contributed by atoms with Crippen LogP contribution in [0, 0.1) is 5.41 Å². The number of hydrogen-bond acceptors (Lipinski definition) is 7. The highest BCUT2D eigenvalue weighted by molar-refractivity contribution is 7.93. The number of urea groups is 1. The number of piperidine rings is 1. The summed E-state index contributed by atoms with van der Waals surface area (Å²) in [6.45, 7) is 1.41. The van der Waals surface area contributed by atoms with Crippen molar-refractivity contribution in [2.24, 2.45) is 5.41 Å². The van der Waals surface area contributed by atoms with Crippen molar-refractivity contribution in [3.05, 3.63) is 47.5 Å². The van der Waals surface area contributed by atoms with Crippen LogP contribution in [0.25, 0.3) is 0 Å². The van der Waals surface area contributed by atoms with E-state index in [2.05, 4.69) is 20.7 Å². The summed E-state index contributed by atoms with van der Waals surface area (Å²) in [7, 11) is -3.02. The minimum Gasteiger partial charge on any atom is -0.456 e. The highest BCUT2D eigenvalue weighted by atomic mass is 35.5. The quantitative estimate of drug-likeness (QED) is 0.452. The topological polar surface area (TPSA) is 123 Å². The molecular formula is C25H27ClF3N3O6S. The fourth-order valence-electron chi connectivity index (χ4n) is 5.25. The van der Waals surface area contributed by atoms with Crippen LogP contribution in [0.15, 0.2) is 47.4 Å². The van der Waals surface area contributed by atoms with Crippen LogP contribution >= 0.6 is 11.6 Å². The molecule has 2 aromatic rings. The minimum absolute atomic E-state index is 0.0420. The number of hydrogen-bond donors (Lipinski definition) is 3. The molecule has 0 radical (unpaired) electrons. The third-order valence-electron chi connectivity index (χ3n) is 7.27. The third-order valence-corrected chi connectivity index (χ3v) is 10.00. The number of amides is 3. The lowest BCUT2D eigenvalue weighted by Crippen LogP contribution is -2.54. The number of rotatable bonds is 6. The molecule has 14 heteroatoms. The Morgan fingerprint density at radius 3 is 2.23 bits per heavy atom. The molecule has 3 N–H and O–H groups in total. The van der Waals surface area contributed by atoms with Gasteiger partial charge in [0, 0.05) is 7.05 Å². The van der Waals surface area contributed by atoms with Crippen LogP contribution in [0.5, 0.6) is 17.2 Å². The lowest BCUT2D eigenvalue weighted by atomic mass is 9.77. The highest BCUT2D eigenvalue weighted by Gasteiger charge is 2.60. The van der Waals surface area contributed by atoms with Gasteiger partial charge < -0.3 is 20.1 Å². The maximum Gasteiger partial charge on any atom is 0.573 e. The molecule has 1 heterocycles. The van der Waals surface area contributed by atoms with Gasteiger partial charge in [-0.15, -0.1) is 13.2 Å². The summed E-state index contributed by atoms with van der Waals surface area (Å²) in [5.74, 6) is -1.15. The molecule has 1 unspecified atom stereocenters. The summed E-state index contributed by atoms with van der Waals surface area (Å²) in [5, 5.41) is 7.60. The number of halogens is 4. The van der Waals surface area contributed by atoms with Gasteiger partial charge in [-0.25, -0.2) is 13.2 Å². The summed E-state index contributed by atoms with van der Waals surface area (Å²) in [5.41, 5.74) is -0.354. The first kappa shape index (κ1) is 29.0. The van der Waals surface area contributed by atoms with Crippen LogP contribution in [0.1, 0.15) is 32.1 Å². The van der Waals surface area contributed by atoms with E-state index < -0.39 is 38.6 Å². The molecule has 9 nitrogen and oxygen atoms in total. The Morgan fingerprint density at radius 2 is 1.64 bits per heavy atom. The molecule has 3 amide bonds. The fourth-order valence-corrected chi connectivity index (χ4v) is 7.67. The zero-order chi connectivity index (χ0) is 28.5. The predicted molar refractivity (Wildman–Crippen MR) is 136 cm³/mol. The van der Waals surface area contributed by atoms with Gasteiger partial charge in [0.05, 0.1) is 9.92 Å². The largest absolute Gasteiger partial charge is 0.573 e. The molecule has 1 aliphatic heterocycles. The van der Waals surface area contributed by atoms with Crippen LogP contribution in [-0.2, 0) is 14.6 Å². The highest BCUT2D eigenvalue weighted by Crippen LogP contribution is 2.54. The molecule has 2 aromatic carbocycles. The maximum absolute atomic E-state index is 14.1. The Kier molecular flexibility index (Phi) is 8.06. The summed E-state index contributed by atoms with van der Waals surface area (Å²) in [6, 6.07) is 7.48. The van der Waals surface area contributed by atoms with Crippen LogP contribution in [0.3, 0.4) is 0 Å². The summed E-state index contributed by atoms with van der Waals surface area (Å²) >= 11 is 6.35. The molecule has 1 atom stereocenters. The van der Waals surface area contributed by atoms with E-state index in [4.69, 9.17) is 16.3 Å². The number of imide groups is 1. The van der Waals surface area contributed by atoms with Crippen molar-refractivity contribution in [1.82, 2.24) is 16.0 Å². The second kappa shape index (κ2) is 10.9. The van der Waals surface area contributed by atoms with E-state index in [1.165, 1.54) is 31.3 Å². The van der Waals surface area contributed by atoms with Gasteiger partial charge in [-0.05, 0) is 93.1 Å². The fraction of sp³-hybridized carbons (Fsp3) is 0.440. The van der Waals surface area contributed by atoms with Crippen molar-refractivity contribution < 1.29 is 40.7 Å². The van der Waals surface area contributed by atoms with Gasteiger partial charge in [0.2, 0.25) is 5.91 Å². The summed E-state index contributed by atoms with van der Waals surface area (Å²) in [6.07, 6.45) is -2.81. The lowest BCUT2D eigenvalue weighted by Gasteiger charge is -2.36. The molecule has 2 fully saturated rings. The lowest BCUT2D eigenvalue weighted by molar-refractivity contribution is -0.274. The van der Waals surface area contributed by atoms with Crippen molar-refractivity contribution in [3.8, 4) is 17.2 Å². The first-order chi connectivity index (χ1) is 18.3. The summed E-state index contributed by atoms with van der Waals surface area (Å²) < 4.78 is 72.8. The van der Waals surface area contributed by atoms with E-state index >= 15 is 0 Å². The Bertz CT molecular complexity index is 1350. The first-order valence-electron chi connectivity index (χ1n) is 12.1. The molecule has 1 aliphatic carbocycles. The Morgan fingerprint density at radius 1 is 1.00 bits per heavy atom. The van der Waals surface area contributed by atoms with Gasteiger partial charge in [0.1, 0.15) is 17.2 Å². The van der Waals surface area contributed by atoms with Crippen molar-refractivity contribution >= 4 is 33.4 Å². The average molecular weight is 590 g/mol. The number of benzene rings is 2. The molecule has 1 spiro atoms. The van der Waals surface area contributed by atoms with Crippen molar-refractivity contribution in [2.75, 3.05) is 20.1 Å². The van der Waals surface area contributed by atoms with Gasteiger partial charge in [-0.3, -0.25) is 10.1 Å². The van der Waals surface area contributed by atoms with E-state index in [-0.39, 0.29) is 39.7 Å². The van der Waals surface area contributed by atoms with E-state index in [1.807, 2.05) is 0 Å². The first-order valence-corrected chi connectivity index (χ1v) is 14.0. The molecule has 212 valence electrons. The van der Waals surface area contributed by atoms with Gasteiger partial charge in [0.25, 0.3) is 0 Å². The molecule has 0 bridgehead atoms. The monoisotopic (exact) mass is 589 g/mol. The number of carbonyl (C=O) groups excluding carboxylic acids is 2. The number of alkyl halides is 3. The minimum atomic E-state index is -4.84. The maximum atomic E-state index is 14.1. The van der Waals surface area contributed by atoms with Crippen molar-refractivity contribution in [2.45, 2.75) is 48.1 Å². The number of nitrogens with one attached hydrogen (secondary N) is 3. The average Bonchev–Trinajstić information content (AvgIpc) is 3.26. The smallest absolute Gasteiger partial charge is 0.456 e. The predicted octanol–water partition coefficient (Wildman–Crippen LogP) is 4.55. The SMILES string of the molecule is CNC(=O)NC(=O)C1(S(=O)(=O)c2ccc(Oc3ccc(OC(F)(F)F)cc3)c(Cl)c2)CCC2(CCNCC2)C1. The Balaban J connectivity index is 1.62. The molecule has 0 aromatic heterocycles. The van der Waals surface area contributed by atoms with Crippen LogP contribution < -0.4 is 25.4 Å². The molecular weight excluding hydrogens is 563 g/mol. The Hall–Kier alpha value is -3.03. The van der Waals surface area contributed by atoms with E-state index in [0.29, 0.717) is 32.4 Å². The van der Waals surface area contributed by atoms with E-state index in [1.54, 1.807) is 0 Å². The van der Waals surface area contributed by atoms with E-state index in [9.17, 15) is 31.2 Å². The van der Waals surface area contributed by atoms with Crippen LogP contribution in [0.2, 0.25) is 5.02 Å². The third kappa shape index (κ3) is 6.10. The molecule has 39 heavy (non-hydrogen) atoms. The molecule has 1 saturated carbocycles. The van der Waals surface area contributed by atoms with Crippen LogP contribution in [-0.4, -0.2) is 51.6 Å². The van der Waals surface area contributed by atoms with Gasteiger partial charge in [0.15, 0.2) is 14.6 Å².